The van der Waals surface area contributed by atoms with Crippen LogP contribution in [0.4, 0.5) is 23.2 Å². The molecule has 0 radical (unpaired) electrons. The lowest BCUT2D eigenvalue weighted by Crippen LogP contribution is -2.43. The molecule has 1 aromatic carbocycles. The maximum absolute atomic E-state index is 14.6. The number of aromatic hydroxyl groups is 1. The number of benzene rings is 1. The minimum absolute atomic E-state index is 0.0214. The van der Waals surface area contributed by atoms with Crippen molar-refractivity contribution in [3.05, 3.63) is 85.3 Å². The van der Waals surface area contributed by atoms with Crippen molar-refractivity contribution in [2.24, 2.45) is 0 Å². The van der Waals surface area contributed by atoms with Gasteiger partial charge in [-0.25, -0.2) is 14.4 Å². The summed E-state index contributed by atoms with van der Waals surface area (Å²) in [4.78, 5) is 55.5. The van der Waals surface area contributed by atoms with Crippen LogP contribution >= 0.6 is 11.6 Å². The fourth-order valence-corrected chi connectivity index (χ4v) is 6.79. The van der Waals surface area contributed by atoms with Crippen LogP contribution in [0.1, 0.15) is 78.9 Å². The van der Waals surface area contributed by atoms with E-state index in [0.29, 0.717) is 49.8 Å². The molecule has 2 aliphatic heterocycles. The maximum Gasteiger partial charge on any atom is 0.419 e. The van der Waals surface area contributed by atoms with E-state index in [0.717, 1.165) is 16.2 Å². The average Bonchev–Trinajstić information content (AvgIpc) is 3.54. The number of amides is 2. The van der Waals surface area contributed by atoms with Gasteiger partial charge in [-0.3, -0.25) is 14.4 Å². The third-order valence-corrected chi connectivity index (χ3v) is 9.58. The SMILES string of the molecule is CCc1c(C=C2CN(C(=O)c3ncnc(C)c3O)C(C)(C)C2)c(=O)n2nc(C3=CCOCCC3)nc2n1CC(=O)Nc1ccc(C(F)(F)F)c(F)c1Cl. The van der Waals surface area contributed by atoms with E-state index in [4.69, 9.17) is 16.3 Å². The lowest BCUT2D eigenvalue weighted by Gasteiger charge is -2.30. The van der Waals surface area contributed by atoms with Gasteiger partial charge in [0.1, 0.15) is 17.9 Å². The van der Waals surface area contributed by atoms with E-state index in [1.807, 2.05) is 19.9 Å². The Hall–Kier alpha value is -5.16. The summed E-state index contributed by atoms with van der Waals surface area (Å²) in [6.07, 6.45) is 1.48. The zero-order chi connectivity index (χ0) is 38.4. The number of anilines is 1. The van der Waals surface area contributed by atoms with E-state index in [9.17, 15) is 37.1 Å². The van der Waals surface area contributed by atoms with Gasteiger partial charge in [0.05, 0.1) is 29.1 Å². The molecule has 18 heteroatoms. The summed E-state index contributed by atoms with van der Waals surface area (Å²) in [7, 11) is 0. The molecular weight excluding hydrogens is 724 g/mol. The molecule has 53 heavy (non-hydrogen) atoms. The first-order valence-corrected chi connectivity index (χ1v) is 17.1. The molecular formula is C35H35ClF4N8O5. The van der Waals surface area contributed by atoms with Gasteiger partial charge in [-0.2, -0.15) is 22.7 Å². The summed E-state index contributed by atoms with van der Waals surface area (Å²) in [5.74, 6) is -3.11. The smallest absolute Gasteiger partial charge is 0.419 e. The number of likely N-dealkylation sites (tertiary alicyclic amines) is 1. The van der Waals surface area contributed by atoms with E-state index in [1.165, 1.54) is 15.8 Å². The third-order valence-electron chi connectivity index (χ3n) is 9.21. The van der Waals surface area contributed by atoms with Crippen molar-refractivity contribution >= 4 is 46.5 Å². The first-order valence-electron chi connectivity index (χ1n) is 16.7. The third kappa shape index (κ3) is 7.27. The number of hydrogen-bond donors (Lipinski definition) is 2. The number of fused-ring (bicyclic) bond motifs is 1. The van der Waals surface area contributed by atoms with Crippen molar-refractivity contribution in [2.45, 2.75) is 71.6 Å². The van der Waals surface area contributed by atoms with E-state index in [1.54, 1.807) is 19.9 Å². The van der Waals surface area contributed by atoms with Crippen molar-refractivity contribution < 1.29 is 37.0 Å². The van der Waals surface area contributed by atoms with Gasteiger partial charge >= 0.3 is 6.18 Å². The number of aryl methyl sites for hydroxylation is 1. The van der Waals surface area contributed by atoms with Crippen molar-refractivity contribution in [1.29, 1.82) is 0 Å². The molecule has 13 nitrogen and oxygen atoms in total. The molecule has 0 unspecified atom stereocenters. The van der Waals surface area contributed by atoms with E-state index in [-0.39, 0.29) is 53.0 Å². The highest BCUT2D eigenvalue weighted by atomic mass is 35.5. The topological polar surface area (TPSA) is 157 Å². The van der Waals surface area contributed by atoms with Gasteiger partial charge in [0, 0.05) is 24.4 Å². The maximum atomic E-state index is 14.6. The molecule has 0 spiro atoms. The Kier molecular flexibility index (Phi) is 10.2. The van der Waals surface area contributed by atoms with Gasteiger partial charge in [-0.05, 0) is 75.8 Å². The average molecular weight is 759 g/mol. The highest BCUT2D eigenvalue weighted by molar-refractivity contribution is 6.34. The number of alkyl halides is 3. The van der Waals surface area contributed by atoms with Gasteiger partial charge in [0.15, 0.2) is 23.1 Å². The Morgan fingerprint density at radius 3 is 2.68 bits per heavy atom. The first kappa shape index (κ1) is 37.6. The number of ether oxygens (including phenoxy) is 1. The van der Waals surface area contributed by atoms with E-state index in [2.05, 4.69) is 25.4 Å². The quantitative estimate of drug-likeness (QED) is 0.229. The number of rotatable bonds is 7. The molecule has 0 bridgehead atoms. The second-order valence-electron chi connectivity index (χ2n) is 13.3. The minimum Gasteiger partial charge on any atom is -0.504 e. The normalized spacial score (nSPS) is 17.0. The van der Waals surface area contributed by atoms with Crippen LogP contribution in [0.25, 0.3) is 17.4 Å². The molecule has 2 amide bonds. The van der Waals surface area contributed by atoms with Gasteiger partial charge in [-0.15, -0.1) is 5.10 Å². The number of hydrogen-bond acceptors (Lipinski definition) is 9. The molecule has 1 saturated heterocycles. The fourth-order valence-electron chi connectivity index (χ4n) is 6.58. The number of carbonyl (C=O) groups excluding carboxylic acids is 2. The Morgan fingerprint density at radius 2 is 1.96 bits per heavy atom. The molecule has 0 aliphatic carbocycles. The van der Waals surface area contributed by atoms with Gasteiger partial charge < -0.3 is 24.6 Å². The number of nitrogens with zero attached hydrogens (tertiary/aromatic N) is 7. The molecule has 1 fully saturated rings. The number of nitrogens with one attached hydrogen (secondary N) is 1. The molecule has 4 aromatic rings. The lowest BCUT2D eigenvalue weighted by atomic mass is 9.98. The Morgan fingerprint density at radius 1 is 1.21 bits per heavy atom. The van der Waals surface area contributed by atoms with Gasteiger partial charge in [0.25, 0.3) is 11.5 Å². The summed E-state index contributed by atoms with van der Waals surface area (Å²) >= 11 is 5.92. The monoisotopic (exact) mass is 758 g/mol. The zero-order valence-corrected chi connectivity index (χ0v) is 29.9. The largest absolute Gasteiger partial charge is 0.504 e. The summed E-state index contributed by atoms with van der Waals surface area (Å²) < 4.78 is 62.4. The summed E-state index contributed by atoms with van der Waals surface area (Å²) in [6.45, 7) is 7.41. The summed E-state index contributed by atoms with van der Waals surface area (Å²) in [6, 6.07) is 1.34. The molecule has 280 valence electrons. The second kappa shape index (κ2) is 14.3. The first-order chi connectivity index (χ1) is 25.0. The second-order valence-corrected chi connectivity index (χ2v) is 13.7. The Bertz CT molecular complexity index is 2260. The fraction of sp³-hybridized carbons (Fsp3) is 0.400. The van der Waals surface area contributed by atoms with Crippen LogP contribution in [0, 0.1) is 12.7 Å². The van der Waals surface area contributed by atoms with Crippen molar-refractivity contribution in [3.63, 3.8) is 0 Å². The Labute approximate surface area is 305 Å². The van der Waals surface area contributed by atoms with Crippen molar-refractivity contribution in [2.75, 3.05) is 25.1 Å². The number of aromatic nitrogens is 6. The van der Waals surface area contributed by atoms with Gasteiger partial charge in [0.2, 0.25) is 11.7 Å². The molecule has 5 heterocycles. The standard InChI is InChI=1S/C35H35ClF4N8O5/c1-5-24-21(13-19-14-34(3,4)47(15-19)32(52)28-29(50)18(2)41-17-42-28)31(51)48-33(44-30(45-48)20-7-6-11-53-12-10-20)46(24)16-25(49)43-23-9-8-22(35(38,39)40)27(37)26(23)36/h8-10,13,17,50H,5-7,11-12,14-16H2,1-4H3,(H,43,49). The van der Waals surface area contributed by atoms with Crippen LogP contribution in [0.2, 0.25) is 5.02 Å². The van der Waals surface area contributed by atoms with Crippen LogP contribution in [-0.2, 0) is 28.7 Å². The van der Waals surface area contributed by atoms with E-state index >= 15 is 0 Å². The highest BCUT2D eigenvalue weighted by Gasteiger charge is 2.40. The molecule has 2 N–H and O–H groups in total. The van der Waals surface area contributed by atoms with E-state index < -0.39 is 52.0 Å². The number of allylic oxidation sites excluding steroid dienone is 1. The summed E-state index contributed by atoms with van der Waals surface area (Å²) in [5.41, 5.74) is -1.20. The Balaban J connectivity index is 1.43. The van der Waals surface area contributed by atoms with Crippen molar-refractivity contribution in [1.82, 2.24) is 34.0 Å². The van der Waals surface area contributed by atoms with Crippen LogP contribution < -0.4 is 10.9 Å². The number of halogens is 5. The molecule has 0 atom stereocenters. The van der Waals surface area contributed by atoms with Crippen LogP contribution in [0.5, 0.6) is 5.75 Å². The zero-order valence-electron chi connectivity index (χ0n) is 29.1. The van der Waals surface area contributed by atoms with Gasteiger partial charge in [-0.1, -0.05) is 24.6 Å². The number of carbonyl (C=O) groups is 2. The molecule has 0 saturated carbocycles. The van der Waals surface area contributed by atoms with Crippen LogP contribution in [0.3, 0.4) is 0 Å². The van der Waals surface area contributed by atoms with Crippen molar-refractivity contribution in [3.8, 4) is 5.75 Å². The predicted molar refractivity (Wildman–Crippen MR) is 186 cm³/mol. The minimum atomic E-state index is -5.00. The van der Waals surface area contributed by atoms with Crippen LogP contribution in [-0.4, -0.2) is 76.3 Å². The predicted octanol–water partition coefficient (Wildman–Crippen LogP) is 5.61. The molecule has 6 rings (SSSR count). The highest BCUT2D eigenvalue weighted by Crippen LogP contribution is 2.38. The summed E-state index contributed by atoms with van der Waals surface area (Å²) in [5, 5.41) is 16.5. The molecule has 3 aromatic heterocycles. The van der Waals surface area contributed by atoms with Crippen LogP contribution in [0.15, 0.2) is 34.9 Å². The molecule has 2 aliphatic rings. The lowest BCUT2D eigenvalue weighted by molar-refractivity contribution is -0.140.